The number of carbonyl (C=O) groups excluding carboxylic acids is 1. The molecule has 2 N–H and O–H groups in total. The van der Waals surface area contributed by atoms with Crippen molar-refractivity contribution in [3.63, 3.8) is 0 Å². The van der Waals surface area contributed by atoms with Crippen molar-refractivity contribution in [1.29, 1.82) is 0 Å². The van der Waals surface area contributed by atoms with Gasteiger partial charge in [0.1, 0.15) is 11.6 Å². The lowest BCUT2D eigenvalue weighted by molar-refractivity contribution is -0.121. The molecule has 1 unspecified atom stereocenters. The Hall–Kier alpha value is -2.82. The maximum atomic E-state index is 12.4. The number of H-pyrrole nitrogens is 1. The summed E-state index contributed by atoms with van der Waals surface area (Å²) in [6.07, 6.45) is 2.89. The number of aryl methyl sites for hydroxylation is 2. The normalized spacial score (nSPS) is 15.8. The molecule has 4 rings (SSSR count). The van der Waals surface area contributed by atoms with E-state index in [0.717, 1.165) is 41.0 Å². The quantitative estimate of drug-likeness (QED) is 0.739. The number of nitrogens with one attached hydrogen (secondary N) is 2. The number of amides is 1. The molecule has 1 aliphatic rings. The Labute approximate surface area is 152 Å². The van der Waals surface area contributed by atoms with Gasteiger partial charge in [-0.2, -0.15) is 0 Å². The maximum absolute atomic E-state index is 12.4. The van der Waals surface area contributed by atoms with Gasteiger partial charge in [0.05, 0.1) is 24.2 Å². The third-order valence-electron chi connectivity index (χ3n) is 5.14. The van der Waals surface area contributed by atoms with Crippen LogP contribution in [0.4, 0.5) is 0 Å². The Morgan fingerprint density at radius 2 is 2.15 bits per heavy atom. The third-order valence-corrected chi connectivity index (χ3v) is 5.14. The lowest BCUT2D eigenvalue weighted by atomic mass is 10.1. The molecule has 134 valence electrons. The summed E-state index contributed by atoms with van der Waals surface area (Å²) in [4.78, 5) is 20.4. The van der Waals surface area contributed by atoms with Crippen molar-refractivity contribution in [1.82, 2.24) is 15.3 Å². The monoisotopic (exact) mass is 349 g/mol. The highest BCUT2D eigenvalue weighted by Crippen LogP contribution is 2.36. The molecule has 1 amide bonds. The summed E-state index contributed by atoms with van der Waals surface area (Å²) in [5, 5.41) is 3.17. The van der Waals surface area contributed by atoms with Gasteiger partial charge in [-0.05, 0) is 48.6 Å². The van der Waals surface area contributed by atoms with Crippen LogP contribution >= 0.6 is 0 Å². The second-order valence-electron chi connectivity index (χ2n) is 6.84. The number of para-hydroxylation sites is 1. The van der Waals surface area contributed by atoms with Crippen LogP contribution in [0.15, 0.2) is 36.4 Å². The molecule has 0 spiro atoms. The van der Waals surface area contributed by atoms with Gasteiger partial charge < -0.3 is 15.0 Å². The summed E-state index contributed by atoms with van der Waals surface area (Å²) in [6.45, 7) is 2.05. The van der Waals surface area contributed by atoms with Crippen molar-refractivity contribution in [2.24, 2.45) is 0 Å². The summed E-state index contributed by atoms with van der Waals surface area (Å²) in [5.41, 5.74) is 5.55. The van der Waals surface area contributed by atoms with Crippen molar-refractivity contribution in [3.05, 3.63) is 58.9 Å². The zero-order valence-electron chi connectivity index (χ0n) is 15.1. The van der Waals surface area contributed by atoms with Crippen molar-refractivity contribution < 1.29 is 9.53 Å². The molecule has 0 bridgehead atoms. The largest absolute Gasteiger partial charge is 0.496 e. The average Bonchev–Trinajstić information content (AvgIpc) is 3.25. The Morgan fingerprint density at radius 1 is 1.31 bits per heavy atom. The zero-order chi connectivity index (χ0) is 18.1. The van der Waals surface area contributed by atoms with Crippen LogP contribution in [-0.2, 0) is 17.6 Å². The second-order valence-corrected chi connectivity index (χ2v) is 6.84. The fraction of sp³-hybridized carbons (Fsp3) is 0.333. The lowest BCUT2D eigenvalue weighted by Crippen LogP contribution is -2.27. The first-order valence-corrected chi connectivity index (χ1v) is 9.05. The Morgan fingerprint density at radius 3 is 2.96 bits per heavy atom. The average molecular weight is 349 g/mol. The van der Waals surface area contributed by atoms with Crippen molar-refractivity contribution >= 4 is 16.9 Å². The highest BCUT2D eigenvalue weighted by atomic mass is 16.5. The van der Waals surface area contributed by atoms with Gasteiger partial charge in [0.15, 0.2) is 0 Å². The number of hydrogen-bond acceptors (Lipinski definition) is 3. The fourth-order valence-electron chi connectivity index (χ4n) is 3.81. The molecule has 0 fully saturated rings. The minimum atomic E-state index is 0.0582. The van der Waals surface area contributed by atoms with E-state index < -0.39 is 0 Å². The molecule has 5 heteroatoms. The molecular weight excluding hydrogens is 326 g/mol. The summed E-state index contributed by atoms with van der Waals surface area (Å²) in [6, 6.07) is 12.2. The number of carbonyl (C=O) groups is 1. The van der Waals surface area contributed by atoms with E-state index in [4.69, 9.17) is 4.74 Å². The Kier molecular flexibility index (Phi) is 4.37. The number of ether oxygens (including phenoxy) is 1. The molecule has 0 aliphatic heterocycles. The van der Waals surface area contributed by atoms with Gasteiger partial charge in [-0.25, -0.2) is 4.98 Å². The molecule has 1 atom stereocenters. The van der Waals surface area contributed by atoms with E-state index in [1.807, 2.05) is 37.3 Å². The van der Waals surface area contributed by atoms with Crippen LogP contribution in [0, 0.1) is 6.92 Å². The van der Waals surface area contributed by atoms with Crippen LogP contribution in [0.25, 0.3) is 11.0 Å². The molecule has 0 radical (unpaired) electrons. The minimum Gasteiger partial charge on any atom is -0.496 e. The Balaban J connectivity index is 1.40. The van der Waals surface area contributed by atoms with E-state index in [-0.39, 0.29) is 11.9 Å². The molecular formula is C21H23N3O2. The lowest BCUT2D eigenvalue weighted by Gasteiger charge is -2.14. The molecule has 3 aromatic rings. The molecule has 1 aliphatic carbocycles. The SMILES string of the molecule is COc1cccc2c1CCC2NC(=O)CCc1nc2c(C)cccc2[nH]1. The van der Waals surface area contributed by atoms with Gasteiger partial charge in [0, 0.05) is 12.8 Å². The number of aromatic amines is 1. The summed E-state index contributed by atoms with van der Waals surface area (Å²) in [5.74, 6) is 1.83. The van der Waals surface area contributed by atoms with E-state index in [2.05, 4.69) is 21.4 Å². The minimum absolute atomic E-state index is 0.0582. The standard InChI is InChI=1S/C21H23N3O2/c1-13-5-3-7-17-21(13)24-19(22-17)11-12-20(25)23-16-10-9-15-14(16)6-4-8-18(15)26-2/h3-8,16H,9-12H2,1-2H3,(H,22,24)(H,23,25). The van der Waals surface area contributed by atoms with Crippen LogP contribution in [0.5, 0.6) is 5.75 Å². The van der Waals surface area contributed by atoms with Gasteiger partial charge in [-0.1, -0.05) is 24.3 Å². The number of imidazole rings is 1. The van der Waals surface area contributed by atoms with Crippen LogP contribution < -0.4 is 10.1 Å². The second kappa shape index (κ2) is 6.83. The number of nitrogens with zero attached hydrogens (tertiary/aromatic N) is 1. The van der Waals surface area contributed by atoms with E-state index in [0.29, 0.717) is 12.8 Å². The van der Waals surface area contributed by atoms with Crippen LogP contribution in [0.2, 0.25) is 0 Å². The number of methoxy groups -OCH3 is 1. The summed E-state index contributed by atoms with van der Waals surface area (Å²) < 4.78 is 5.43. The number of hydrogen-bond donors (Lipinski definition) is 2. The summed E-state index contributed by atoms with van der Waals surface area (Å²) in [7, 11) is 1.69. The molecule has 2 aromatic carbocycles. The molecule has 1 aromatic heterocycles. The van der Waals surface area contributed by atoms with Crippen LogP contribution in [-0.4, -0.2) is 23.0 Å². The van der Waals surface area contributed by atoms with E-state index >= 15 is 0 Å². The molecule has 0 saturated heterocycles. The van der Waals surface area contributed by atoms with Gasteiger partial charge in [0.2, 0.25) is 5.91 Å². The van der Waals surface area contributed by atoms with Crippen molar-refractivity contribution in [2.45, 2.75) is 38.6 Å². The smallest absolute Gasteiger partial charge is 0.220 e. The molecule has 26 heavy (non-hydrogen) atoms. The first-order chi connectivity index (χ1) is 12.7. The Bertz CT molecular complexity index is 961. The molecule has 1 heterocycles. The van der Waals surface area contributed by atoms with E-state index in [1.54, 1.807) is 7.11 Å². The van der Waals surface area contributed by atoms with Crippen LogP contribution in [0.3, 0.4) is 0 Å². The number of aromatic nitrogens is 2. The zero-order valence-corrected chi connectivity index (χ0v) is 15.1. The predicted molar refractivity (Wildman–Crippen MR) is 101 cm³/mol. The van der Waals surface area contributed by atoms with Gasteiger partial charge in [0.25, 0.3) is 0 Å². The highest BCUT2D eigenvalue weighted by Gasteiger charge is 2.26. The number of benzene rings is 2. The van der Waals surface area contributed by atoms with E-state index in [1.165, 1.54) is 11.1 Å². The maximum Gasteiger partial charge on any atom is 0.220 e. The van der Waals surface area contributed by atoms with Gasteiger partial charge in [-0.3, -0.25) is 4.79 Å². The topological polar surface area (TPSA) is 67.0 Å². The van der Waals surface area contributed by atoms with Crippen molar-refractivity contribution in [2.75, 3.05) is 7.11 Å². The summed E-state index contributed by atoms with van der Waals surface area (Å²) >= 11 is 0. The fourth-order valence-corrected chi connectivity index (χ4v) is 3.81. The predicted octanol–water partition coefficient (Wildman–Crippen LogP) is 3.62. The number of rotatable bonds is 5. The van der Waals surface area contributed by atoms with Crippen LogP contribution in [0.1, 0.15) is 41.4 Å². The van der Waals surface area contributed by atoms with Gasteiger partial charge >= 0.3 is 0 Å². The first kappa shape index (κ1) is 16.6. The number of fused-ring (bicyclic) bond motifs is 2. The molecule has 0 saturated carbocycles. The highest BCUT2D eigenvalue weighted by molar-refractivity contribution is 5.79. The van der Waals surface area contributed by atoms with Crippen molar-refractivity contribution in [3.8, 4) is 5.75 Å². The molecule has 5 nitrogen and oxygen atoms in total. The van der Waals surface area contributed by atoms with Gasteiger partial charge in [-0.15, -0.1) is 0 Å². The third kappa shape index (κ3) is 3.05. The van der Waals surface area contributed by atoms with E-state index in [9.17, 15) is 4.79 Å². The first-order valence-electron chi connectivity index (χ1n) is 9.05.